The largest absolute Gasteiger partial charge is 0.396 e. The van der Waals surface area contributed by atoms with Gasteiger partial charge in [-0.05, 0) is 29.3 Å². The van der Waals surface area contributed by atoms with Crippen molar-refractivity contribution in [2.75, 3.05) is 44.4 Å². The average molecular weight is 372 g/mol. The number of aliphatic hydroxyl groups is 2. The fourth-order valence-electron chi connectivity index (χ4n) is 2.52. The van der Waals surface area contributed by atoms with E-state index in [1.165, 1.54) is 6.07 Å². The summed E-state index contributed by atoms with van der Waals surface area (Å²) < 4.78 is 5.58. The summed E-state index contributed by atoms with van der Waals surface area (Å²) in [6, 6.07) is 11.3. The molecule has 1 heterocycles. The van der Waals surface area contributed by atoms with Crippen molar-refractivity contribution in [2.24, 2.45) is 5.92 Å². The van der Waals surface area contributed by atoms with Gasteiger partial charge in [-0.2, -0.15) is 0 Å². The third-order valence-corrected chi connectivity index (χ3v) is 4.12. The Bertz CT molecular complexity index is 735. The van der Waals surface area contributed by atoms with Gasteiger partial charge in [-0.1, -0.05) is 31.2 Å². The number of hydrogen-bond acceptors (Lipinski definition) is 5. The van der Waals surface area contributed by atoms with Gasteiger partial charge in [0.25, 0.3) is 0 Å². The highest BCUT2D eigenvalue weighted by atomic mass is 16.5. The van der Waals surface area contributed by atoms with Crippen LogP contribution in [0.5, 0.6) is 0 Å². The van der Waals surface area contributed by atoms with Crippen LogP contribution in [-0.2, 0) is 4.74 Å². The quantitative estimate of drug-likeness (QED) is 0.525. The van der Waals surface area contributed by atoms with Crippen LogP contribution in [0.15, 0.2) is 47.4 Å². The Kier molecular flexibility index (Phi) is 8.77. The topological polar surface area (TPSA) is 85.8 Å². The number of nitrogens with zero attached hydrogens (tertiary/aromatic N) is 1. The summed E-state index contributed by atoms with van der Waals surface area (Å²) in [6.07, 6.45) is 5.59. The van der Waals surface area contributed by atoms with Gasteiger partial charge in [0.05, 0.1) is 19.8 Å². The first-order valence-corrected chi connectivity index (χ1v) is 9.13. The predicted octanol–water partition coefficient (Wildman–Crippen LogP) is 1.99. The van der Waals surface area contributed by atoms with E-state index in [1.807, 2.05) is 43.3 Å². The van der Waals surface area contributed by atoms with Crippen LogP contribution >= 0.6 is 0 Å². The van der Waals surface area contributed by atoms with Crippen LogP contribution in [0, 0.1) is 5.92 Å². The molecule has 0 aliphatic heterocycles. The van der Waals surface area contributed by atoms with Crippen molar-refractivity contribution in [3.05, 3.63) is 64.1 Å². The van der Waals surface area contributed by atoms with Gasteiger partial charge in [0.15, 0.2) is 0 Å². The second kappa shape index (κ2) is 11.3. The fraction of sp³-hybridized carbons (Fsp3) is 0.381. The first kappa shape index (κ1) is 20.9. The van der Waals surface area contributed by atoms with Gasteiger partial charge < -0.3 is 24.8 Å². The molecular formula is C21H28N2O4. The van der Waals surface area contributed by atoms with Gasteiger partial charge in [0.1, 0.15) is 0 Å². The molecule has 1 atom stereocenters. The number of aromatic nitrogens is 1. The van der Waals surface area contributed by atoms with Crippen LogP contribution in [0.1, 0.15) is 18.1 Å². The lowest BCUT2D eigenvalue weighted by Gasteiger charge is -2.24. The summed E-state index contributed by atoms with van der Waals surface area (Å²) in [7, 11) is 0. The Hall–Kier alpha value is -2.41. The van der Waals surface area contributed by atoms with Gasteiger partial charge in [-0.25, -0.2) is 0 Å². The van der Waals surface area contributed by atoms with Crippen molar-refractivity contribution >= 4 is 17.8 Å². The zero-order chi connectivity index (χ0) is 19.5. The molecule has 0 amide bonds. The van der Waals surface area contributed by atoms with Crippen molar-refractivity contribution in [1.82, 2.24) is 4.98 Å². The number of hydrogen-bond donors (Lipinski definition) is 3. The summed E-state index contributed by atoms with van der Waals surface area (Å²) in [5.41, 5.74) is 2.87. The molecule has 1 aromatic carbocycles. The number of anilines is 1. The number of rotatable bonds is 11. The van der Waals surface area contributed by atoms with Gasteiger partial charge >= 0.3 is 0 Å². The normalized spacial score (nSPS) is 12.4. The Morgan fingerprint density at radius 1 is 1.07 bits per heavy atom. The molecule has 2 rings (SSSR count). The highest BCUT2D eigenvalue weighted by Crippen LogP contribution is 2.16. The molecule has 1 aromatic heterocycles. The smallest absolute Gasteiger partial charge is 0.247 e. The van der Waals surface area contributed by atoms with Crippen LogP contribution in [0.4, 0.5) is 5.69 Å². The maximum atomic E-state index is 11.1. The lowest BCUT2D eigenvalue weighted by atomic mass is 10.1. The van der Waals surface area contributed by atoms with E-state index in [9.17, 15) is 9.90 Å². The molecule has 0 aliphatic rings. The number of benzene rings is 1. The zero-order valence-electron chi connectivity index (χ0n) is 15.7. The van der Waals surface area contributed by atoms with Crippen molar-refractivity contribution in [2.45, 2.75) is 6.92 Å². The van der Waals surface area contributed by atoms with Crippen molar-refractivity contribution in [3.63, 3.8) is 0 Å². The summed E-state index contributed by atoms with van der Waals surface area (Å²) in [4.78, 5) is 15.8. The van der Waals surface area contributed by atoms with Crippen molar-refractivity contribution in [1.29, 1.82) is 0 Å². The Morgan fingerprint density at radius 3 is 2.41 bits per heavy atom. The molecule has 146 valence electrons. The van der Waals surface area contributed by atoms with E-state index in [0.29, 0.717) is 26.3 Å². The SMILES string of the molecule is CC(CO)COCCN(CCO)c1ccc(/C=C/c2ccc(=O)[nH]c2)cc1. The van der Waals surface area contributed by atoms with Crippen LogP contribution in [0.2, 0.25) is 0 Å². The molecule has 3 N–H and O–H groups in total. The van der Waals surface area contributed by atoms with Gasteiger partial charge in [-0.15, -0.1) is 0 Å². The summed E-state index contributed by atoms with van der Waals surface area (Å²) >= 11 is 0. The monoisotopic (exact) mass is 372 g/mol. The Balaban J connectivity index is 1.93. The van der Waals surface area contributed by atoms with Crippen LogP contribution in [0.25, 0.3) is 12.2 Å². The van der Waals surface area contributed by atoms with Crippen molar-refractivity contribution in [3.8, 4) is 0 Å². The van der Waals surface area contributed by atoms with E-state index in [4.69, 9.17) is 9.84 Å². The highest BCUT2D eigenvalue weighted by molar-refractivity contribution is 5.70. The van der Waals surface area contributed by atoms with Crippen LogP contribution < -0.4 is 10.5 Å². The highest BCUT2D eigenvalue weighted by Gasteiger charge is 2.07. The van der Waals surface area contributed by atoms with Crippen molar-refractivity contribution < 1.29 is 14.9 Å². The Labute approximate surface area is 159 Å². The number of aromatic amines is 1. The number of H-pyrrole nitrogens is 1. The van der Waals surface area contributed by atoms with Gasteiger partial charge in [-0.3, -0.25) is 4.79 Å². The molecule has 0 fully saturated rings. The third-order valence-electron chi connectivity index (χ3n) is 4.12. The summed E-state index contributed by atoms with van der Waals surface area (Å²) in [5.74, 6) is 0.129. The zero-order valence-corrected chi connectivity index (χ0v) is 15.7. The molecule has 0 spiro atoms. The third kappa shape index (κ3) is 7.38. The molecule has 6 heteroatoms. The van der Waals surface area contributed by atoms with E-state index >= 15 is 0 Å². The van der Waals surface area contributed by atoms with E-state index < -0.39 is 0 Å². The average Bonchev–Trinajstić information content (AvgIpc) is 2.70. The van der Waals surface area contributed by atoms with Gasteiger partial charge in [0, 0.05) is 43.6 Å². The summed E-state index contributed by atoms with van der Waals surface area (Å²) in [5, 5.41) is 18.3. The number of pyridine rings is 1. The standard InChI is InChI=1S/C21H28N2O4/c1-17(15-25)16-27-13-11-23(10-12-24)20-7-4-18(5-8-20)2-3-19-6-9-21(26)22-14-19/h2-9,14,17,24-25H,10-13,15-16H2,1H3,(H,22,26)/b3-2+. The predicted molar refractivity (Wildman–Crippen MR) is 109 cm³/mol. The summed E-state index contributed by atoms with van der Waals surface area (Å²) in [6.45, 7) is 4.40. The maximum absolute atomic E-state index is 11.1. The molecule has 27 heavy (non-hydrogen) atoms. The molecule has 1 unspecified atom stereocenters. The molecule has 0 bridgehead atoms. The maximum Gasteiger partial charge on any atom is 0.247 e. The molecule has 0 saturated heterocycles. The Morgan fingerprint density at radius 2 is 1.78 bits per heavy atom. The lowest BCUT2D eigenvalue weighted by Crippen LogP contribution is -2.30. The molecular weight excluding hydrogens is 344 g/mol. The van der Waals surface area contributed by atoms with E-state index in [-0.39, 0.29) is 24.7 Å². The second-order valence-corrected chi connectivity index (χ2v) is 6.48. The van der Waals surface area contributed by atoms with Crippen LogP contribution in [0.3, 0.4) is 0 Å². The minimum atomic E-state index is -0.115. The molecule has 0 aliphatic carbocycles. The number of ether oxygens (including phenoxy) is 1. The molecule has 6 nitrogen and oxygen atoms in total. The first-order valence-electron chi connectivity index (χ1n) is 9.13. The van der Waals surface area contributed by atoms with Crippen LogP contribution in [-0.4, -0.2) is 54.7 Å². The second-order valence-electron chi connectivity index (χ2n) is 6.48. The first-order chi connectivity index (χ1) is 13.1. The molecule has 0 radical (unpaired) electrons. The minimum Gasteiger partial charge on any atom is -0.396 e. The number of nitrogens with one attached hydrogen (secondary N) is 1. The molecule has 0 saturated carbocycles. The van der Waals surface area contributed by atoms with E-state index in [0.717, 1.165) is 16.8 Å². The molecule has 2 aromatic rings. The van der Waals surface area contributed by atoms with E-state index in [1.54, 1.807) is 12.3 Å². The lowest BCUT2D eigenvalue weighted by molar-refractivity contribution is 0.0837. The van der Waals surface area contributed by atoms with Gasteiger partial charge in [0.2, 0.25) is 5.56 Å². The minimum absolute atomic E-state index is 0.0703. The fourth-order valence-corrected chi connectivity index (χ4v) is 2.52. The number of aliphatic hydroxyl groups excluding tert-OH is 2. The van der Waals surface area contributed by atoms with E-state index in [2.05, 4.69) is 9.88 Å².